The third-order valence-electron chi connectivity index (χ3n) is 4.92. The minimum atomic E-state index is -0.335. The second kappa shape index (κ2) is 7.04. The molecule has 6 nitrogen and oxygen atoms in total. The molecule has 0 radical (unpaired) electrons. The molecule has 1 aliphatic heterocycles. The van der Waals surface area contributed by atoms with Gasteiger partial charge in [0.1, 0.15) is 11.2 Å². The van der Waals surface area contributed by atoms with Gasteiger partial charge in [0.05, 0.1) is 0 Å². The van der Waals surface area contributed by atoms with Gasteiger partial charge >= 0.3 is 0 Å². The first-order valence-electron chi connectivity index (χ1n) is 8.81. The van der Waals surface area contributed by atoms with Crippen molar-refractivity contribution in [2.75, 3.05) is 31.1 Å². The van der Waals surface area contributed by atoms with E-state index in [4.69, 9.17) is 11.6 Å². The summed E-state index contributed by atoms with van der Waals surface area (Å²) in [6, 6.07) is 11.1. The van der Waals surface area contributed by atoms with Crippen molar-refractivity contribution in [3.8, 4) is 0 Å². The molecule has 1 amide bonds. The minimum absolute atomic E-state index is 0.103. The first-order chi connectivity index (χ1) is 13.0. The highest BCUT2D eigenvalue weighted by Gasteiger charge is 2.25. The van der Waals surface area contributed by atoms with Crippen LogP contribution < -0.4 is 10.5 Å². The first kappa shape index (κ1) is 17.5. The van der Waals surface area contributed by atoms with Crippen LogP contribution in [-0.2, 0) is 0 Å². The van der Waals surface area contributed by atoms with E-state index in [2.05, 4.69) is 9.88 Å². The highest BCUT2D eigenvalue weighted by molar-refractivity contribution is 6.30. The fourth-order valence-corrected chi connectivity index (χ4v) is 3.58. The van der Waals surface area contributed by atoms with E-state index in [1.807, 2.05) is 25.1 Å². The lowest BCUT2D eigenvalue weighted by Crippen LogP contribution is -2.50. The molecule has 3 heterocycles. The monoisotopic (exact) mass is 382 g/mol. The number of carbonyl (C=O) groups is 1. The van der Waals surface area contributed by atoms with Crippen molar-refractivity contribution in [3.63, 3.8) is 0 Å². The predicted octanol–water partition coefficient (Wildman–Crippen LogP) is 2.62. The number of rotatable bonds is 2. The molecular weight excluding hydrogens is 364 g/mol. The maximum absolute atomic E-state index is 12.9. The molecule has 138 valence electrons. The van der Waals surface area contributed by atoms with E-state index >= 15 is 0 Å². The van der Waals surface area contributed by atoms with Gasteiger partial charge in [-0.1, -0.05) is 23.7 Å². The third kappa shape index (κ3) is 3.28. The predicted molar refractivity (Wildman–Crippen MR) is 106 cm³/mol. The summed E-state index contributed by atoms with van der Waals surface area (Å²) in [5.41, 5.74) is 2.53. The van der Waals surface area contributed by atoms with Gasteiger partial charge in [0.2, 0.25) is 0 Å². The average molecular weight is 383 g/mol. The van der Waals surface area contributed by atoms with Crippen molar-refractivity contribution in [3.05, 3.63) is 75.3 Å². The van der Waals surface area contributed by atoms with Crippen molar-refractivity contribution in [1.82, 2.24) is 14.3 Å². The summed E-state index contributed by atoms with van der Waals surface area (Å²) >= 11 is 6.13. The Hall–Kier alpha value is -2.86. The van der Waals surface area contributed by atoms with Gasteiger partial charge in [-0.15, -0.1) is 0 Å². The number of hydrogen-bond donors (Lipinski definition) is 0. The Morgan fingerprint density at radius 1 is 1.11 bits per heavy atom. The van der Waals surface area contributed by atoms with Gasteiger partial charge in [-0.3, -0.25) is 14.0 Å². The fraction of sp³-hybridized carbons (Fsp3) is 0.250. The number of pyridine rings is 1. The van der Waals surface area contributed by atoms with Gasteiger partial charge in [0.25, 0.3) is 11.5 Å². The highest BCUT2D eigenvalue weighted by atomic mass is 35.5. The lowest BCUT2D eigenvalue weighted by Gasteiger charge is -2.36. The van der Waals surface area contributed by atoms with Crippen LogP contribution in [0.25, 0.3) is 5.65 Å². The largest absolute Gasteiger partial charge is 0.368 e. The van der Waals surface area contributed by atoms with E-state index in [0.29, 0.717) is 36.8 Å². The van der Waals surface area contributed by atoms with E-state index in [1.165, 1.54) is 10.6 Å². The van der Waals surface area contributed by atoms with Crippen LogP contribution in [0.1, 0.15) is 15.9 Å². The lowest BCUT2D eigenvalue weighted by atomic mass is 10.1. The first-order valence-corrected chi connectivity index (χ1v) is 9.19. The van der Waals surface area contributed by atoms with Gasteiger partial charge < -0.3 is 9.80 Å². The smallest absolute Gasteiger partial charge is 0.270 e. The Bertz CT molecular complexity index is 1070. The molecule has 1 aliphatic rings. The number of carbonyl (C=O) groups excluding carboxylic acids is 1. The summed E-state index contributed by atoms with van der Waals surface area (Å²) in [6.45, 7) is 4.51. The maximum Gasteiger partial charge on any atom is 0.270 e. The molecule has 0 spiro atoms. The van der Waals surface area contributed by atoms with E-state index < -0.39 is 0 Å². The van der Waals surface area contributed by atoms with Crippen molar-refractivity contribution < 1.29 is 4.79 Å². The molecule has 27 heavy (non-hydrogen) atoms. The molecule has 1 aromatic carbocycles. The van der Waals surface area contributed by atoms with Crippen molar-refractivity contribution in [2.24, 2.45) is 0 Å². The summed E-state index contributed by atoms with van der Waals surface area (Å²) in [5.74, 6) is -0.270. The Morgan fingerprint density at radius 3 is 2.67 bits per heavy atom. The summed E-state index contributed by atoms with van der Waals surface area (Å²) in [5, 5.41) is 0.698. The minimum Gasteiger partial charge on any atom is -0.368 e. The van der Waals surface area contributed by atoms with E-state index in [9.17, 15) is 9.59 Å². The number of piperazine rings is 1. The molecule has 0 N–H and O–H groups in total. The molecule has 1 fully saturated rings. The van der Waals surface area contributed by atoms with E-state index in [1.54, 1.807) is 29.3 Å². The summed E-state index contributed by atoms with van der Waals surface area (Å²) in [6.07, 6.45) is 3.01. The number of hydrogen-bond acceptors (Lipinski definition) is 4. The molecule has 7 heteroatoms. The Kier molecular flexibility index (Phi) is 4.58. The summed E-state index contributed by atoms with van der Waals surface area (Å²) < 4.78 is 1.40. The molecule has 3 aromatic rings. The van der Waals surface area contributed by atoms with Gasteiger partial charge in [0.15, 0.2) is 0 Å². The van der Waals surface area contributed by atoms with Crippen LogP contribution in [0.2, 0.25) is 5.02 Å². The van der Waals surface area contributed by atoms with Crippen molar-refractivity contribution in [1.29, 1.82) is 0 Å². The van der Waals surface area contributed by atoms with E-state index in [-0.39, 0.29) is 17.0 Å². The zero-order valence-corrected chi connectivity index (χ0v) is 15.7. The highest BCUT2D eigenvalue weighted by Crippen LogP contribution is 2.25. The Labute approximate surface area is 161 Å². The number of anilines is 1. The molecular formula is C20H19ClN4O2. The molecule has 0 saturated carbocycles. The average Bonchev–Trinajstić information content (AvgIpc) is 2.70. The van der Waals surface area contributed by atoms with Gasteiger partial charge in [-0.2, -0.15) is 0 Å². The number of aromatic nitrogens is 2. The zero-order valence-electron chi connectivity index (χ0n) is 14.9. The van der Waals surface area contributed by atoms with Crippen LogP contribution in [0, 0.1) is 6.92 Å². The second-order valence-corrected chi connectivity index (χ2v) is 7.05. The van der Waals surface area contributed by atoms with E-state index in [0.717, 1.165) is 11.3 Å². The second-order valence-electron chi connectivity index (χ2n) is 6.62. The standard InChI is InChI=1S/C20H19ClN4O2/c1-14-5-6-15(21)12-17(14)23-8-10-24(11-9-23)19(26)16-13-22-18-4-2-3-7-25(18)20(16)27/h2-7,12-13H,8-11H2,1H3. The lowest BCUT2D eigenvalue weighted by molar-refractivity contribution is 0.0744. The molecule has 0 bridgehead atoms. The Morgan fingerprint density at radius 2 is 1.89 bits per heavy atom. The number of benzene rings is 1. The van der Waals surface area contributed by atoms with Gasteiger partial charge in [-0.25, -0.2) is 4.98 Å². The van der Waals surface area contributed by atoms with Crippen molar-refractivity contribution >= 4 is 28.8 Å². The van der Waals surface area contributed by atoms with Gasteiger partial charge in [-0.05, 0) is 36.8 Å². The number of halogens is 1. The number of amides is 1. The van der Waals surface area contributed by atoms with Gasteiger partial charge in [0, 0.05) is 49.3 Å². The normalized spacial score (nSPS) is 14.6. The number of nitrogens with zero attached hydrogens (tertiary/aromatic N) is 4. The third-order valence-corrected chi connectivity index (χ3v) is 5.16. The van der Waals surface area contributed by atoms with Crippen molar-refractivity contribution in [2.45, 2.75) is 6.92 Å². The van der Waals surface area contributed by atoms with Crippen LogP contribution in [0.3, 0.4) is 0 Å². The number of aryl methyl sites for hydroxylation is 1. The molecule has 1 saturated heterocycles. The van der Waals surface area contributed by atoms with Crippen LogP contribution in [-0.4, -0.2) is 46.4 Å². The summed E-state index contributed by atoms with van der Waals surface area (Å²) in [4.78, 5) is 33.7. The maximum atomic E-state index is 12.9. The van der Waals surface area contributed by atoms with Crippen LogP contribution in [0.15, 0.2) is 53.6 Å². The summed E-state index contributed by atoms with van der Waals surface area (Å²) in [7, 11) is 0. The molecule has 0 atom stereocenters. The topological polar surface area (TPSA) is 57.9 Å². The Balaban J connectivity index is 1.53. The number of fused-ring (bicyclic) bond motifs is 1. The van der Waals surface area contributed by atoms with Crippen LogP contribution >= 0.6 is 11.6 Å². The molecule has 4 rings (SSSR count). The molecule has 0 aliphatic carbocycles. The fourth-order valence-electron chi connectivity index (χ4n) is 3.42. The zero-order chi connectivity index (χ0) is 19.0. The van der Waals surface area contributed by atoms with Crippen LogP contribution in [0.5, 0.6) is 0 Å². The SMILES string of the molecule is Cc1ccc(Cl)cc1N1CCN(C(=O)c2cnc3ccccn3c2=O)CC1. The van der Waals surface area contributed by atoms with Crippen LogP contribution in [0.4, 0.5) is 5.69 Å². The molecule has 0 unspecified atom stereocenters. The molecule has 2 aromatic heterocycles. The quantitative estimate of drug-likeness (QED) is 0.683.